The SMILES string of the molecule is CCCN1CCc2[nH]c(=O)c(C(=O)O)cc2C1. The number of carbonyl (C=O) groups is 1. The number of aromatic carboxylic acids is 1. The maximum Gasteiger partial charge on any atom is 0.341 e. The standard InChI is InChI=1S/C12H16N2O3/c1-2-4-14-5-3-10-8(7-14)6-9(12(16)17)11(15)13-10/h6H,2-5,7H2,1H3,(H,13,15)(H,16,17). The van der Waals surface area contributed by atoms with Crippen molar-refractivity contribution in [1.82, 2.24) is 9.88 Å². The van der Waals surface area contributed by atoms with E-state index in [1.165, 1.54) is 6.07 Å². The lowest BCUT2D eigenvalue weighted by atomic mass is 10.0. The van der Waals surface area contributed by atoms with E-state index in [-0.39, 0.29) is 5.56 Å². The lowest BCUT2D eigenvalue weighted by Gasteiger charge is -2.28. The van der Waals surface area contributed by atoms with Gasteiger partial charge in [-0.1, -0.05) is 6.92 Å². The summed E-state index contributed by atoms with van der Waals surface area (Å²) in [5.74, 6) is -1.17. The number of aromatic nitrogens is 1. The van der Waals surface area contributed by atoms with Crippen LogP contribution < -0.4 is 5.56 Å². The molecule has 1 aromatic heterocycles. The Kier molecular flexibility index (Phi) is 3.28. The lowest BCUT2D eigenvalue weighted by Crippen LogP contribution is -2.34. The highest BCUT2D eigenvalue weighted by molar-refractivity contribution is 5.87. The first-order valence-electron chi connectivity index (χ1n) is 5.82. The zero-order valence-corrected chi connectivity index (χ0v) is 9.82. The van der Waals surface area contributed by atoms with Crippen LogP contribution >= 0.6 is 0 Å². The Morgan fingerprint density at radius 1 is 1.59 bits per heavy atom. The lowest BCUT2D eigenvalue weighted by molar-refractivity contribution is 0.0694. The Morgan fingerprint density at radius 3 is 3.00 bits per heavy atom. The Hall–Kier alpha value is -1.62. The fourth-order valence-electron chi connectivity index (χ4n) is 2.23. The van der Waals surface area contributed by atoms with Gasteiger partial charge in [-0.25, -0.2) is 4.79 Å². The van der Waals surface area contributed by atoms with E-state index in [1.807, 2.05) is 0 Å². The summed E-state index contributed by atoms with van der Waals surface area (Å²) in [5.41, 5.74) is 1.15. The zero-order chi connectivity index (χ0) is 12.4. The Labute approximate surface area is 99.1 Å². The number of carboxylic acid groups (broad SMARTS) is 1. The highest BCUT2D eigenvalue weighted by Crippen LogP contribution is 2.16. The monoisotopic (exact) mass is 236 g/mol. The molecule has 2 heterocycles. The van der Waals surface area contributed by atoms with Gasteiger partial charge in [0.1, 0.15) is 5.56 Å². The van der Waals surface area contributed by atoms with Gasteiger partial charge in [0.15, 0.2) is 0 Å². The molecular weight excluding hydrogens is 220 g/mol. The highest BCUT2D eigenvalue weighted by Gasteiger charge is 2.19. The topological polar surface area (TPSA) is 73.4 Å². The summed E-state index contributed by atoms with van der Waals surface area (Å²) in [4.78, 5) is 27.3. The molecule has 0 radical (unpaired) electrons. The number of pyridine rings is 1. The van der Waals surface area contributed by atoms with E-state index in [2.05, 4.69) is 16.8 Å². The number of fused-ring (bicyclic) bond motifs is 1. The van der Waals surface area contributed by atoms with E-state index in [0.29, 0.717) is 0 Å². The van der Waals surface area contributed by atoms with E-state index >= 15 is 0 Å². The van der Waals surface area contributed by atoms with Crippen LogP contribution in [0.5, 0.6) is 0 Å². The molecule has 0 amide bonds. The highest BCUT2D eigenvalue weighted by atomic mass is 16.4. The molecule has 0 saturated heterocycles. The largest absolute Gasteiger partial charge is 0.477 e. The Balaban J connectivity index is 2.33. The van der Waals surface area contributed by atoms with Crippen molar-refractivity contribution < 1.29 is 9.90 Å². The van der Waals surface area contributed by atoms with E-state index in [1.54, 1.807) is 0 Å². The summed E-state index contributed by atoms with van der Waals surface area (Å²) in [6.45, 7) is 4.76. The Morgan fingerprint density at radius 2 is 2.35 bits per heavy atom. The van der Waals surface area contributed by atoms with Gasteiger partial charge >= 0.3 is 5.97 Å². The number of nitrogens with zero attached hydrogens (tertiary/aromatic N) is 1. The molecule has 17 heavy (non-hydrogen) atoms. The van der Waals surface area contributed by atoms with Gasteiger partial charge in [0.05, 0.1) is 0 Å². The van der Waals surface area contributed by atoms with Gasteiger partial charge in [-0.3, -0.25) is 9.69 Å². The second-order valence-electron chi connectivity index (χ2n) is 4.35. The van der Waals surface area contributed by atoms with Gasteiger partial charge in [-0.15, -0.1) is 0 Å². The van der Waals surface area contributed by atoms with Crippen LogP contribution in [0, 0.1) is 0 Å². The van der Waals surface area contributed by atoms with Crippen LogP contribution in [0.15, 0.2) is 10.9 Å². The number of hydrogen-bond acceptors (Lipinski definition) is 3. The van der Waals surface area contributed by atoms with Crippen molar-refractivity contribution in [1.29, 1.82) is 0 Å². The molecule has 0 unspecified atom stereocenters. The molecule has 0 fully saturated rings. The third-order valence-corrected chi connectivity index (χ3v) is 3.06. The van der Waals surface area contributed by atoms with Gasteiger partial charge in [-0.05, 0) is 24.6 Å². The molecule has 0 saturated carbocycles. The molecule has 2 rings (SSSR count). The van der Waals surface area contributed by atoms with Gasteiger partial charge in [-0.2, -0.15) is 0 Å². The maximum absolute atomic E-state index is 11.5. The normalized spacial score (nSPS) is 15.6. The quantitative estimate of drug-likeness (QED) is 0.815. The van der Waals surface area contributed by atoms with Gasteiger partial charge < -0.3 is 10.1 Å². The number of nitrogens with one attached hydrogen (secondary N) is 1. The first kappa shape index (κ1) is 11.9. The number of hydrogen-bond donors (Lipinski definition) is 2. The van der Waals surface area contributed by atoms with E-state index in [4.69, 9.17) is 5.11 Å². The van der Waals surface area contributed by atoms with Crippen molar-refractivity contribution in [3.63, 3.8) is 0 Å². The predicted molar refractivity (Wildman–Crippen MR) is 63.3 cm³/mol. The van der Waals surface area contributed by atoms with Crippen molar-refractivity contribution in [2.75, 3.05) is 13.1 Å². The number of aromatic amines is 1. The minimum Gasteiger partial charge on any atom is -0.477 e. The van der Waals surface area contributed by atoms with Gasteiger partial charge in [0.2, 0.25) is 0 Å². The molecule has 1 aromatic rings. The number of H-pyrrole nitrogens is 1. The molecule has 1 aliphatic heterocycles. The first-order chi connectivity index (χ1) is 8.11. The molecule has 5 heteroatoms. The number of rotatable bonds is 3. The van der Waals surface area contributed by atoms with Crippen molar-refractivity contribution in [2.45, 2.75) is 26.3 Å². The van der Waals surface area contributed by atoms with Gasteiger partial charge in [0.25, 0.3) is 5.56 Å². The van der Waals surface area contributed by atoms with Crippen molar-refractivity contribution >= 4 is 5.97 Å². The maximum atomic E-state index is 11.5. The minimum absolute atomic E-state index is 0.165. The van der Waals surface area contributed by atoms with E-state index in [9.17, 15) is 9.59 Å². The average molecular weight is 236 g/mol. The second kappa shape index (κ2) is 4.71. The molecule has 5 nitrogen and oxygen atoms in total. The smallest absolute Gasteiger partial charge is 0.341 e. The van der Waals surface area contributed by atoms with Crippen LogP contribution in [-0.4, -0.2) is 34.0 Å². The molecule has 0 atom stereocenters. The summed E-state index contributed by atoms with van der Waals surface area (Å²) in [6, 6.07) is 1.51. The van der Waals surface area contributed by atoms with Crippen molar-refractivity contribution in [2.24, 2.45) is 0 Å². The van der Waals surface area contributed by atoms with Crippen LogP contribution in [-0.2, 0) is 13.0 Å². The van der Waals surface area contributed by atoms with Crippen molar-refractivity contribution in [3.8, 4) is 0 Å². The molecule has 0 bridgehead atoms. The predicted octanol–water partition coefficient (Wildman–Crippen LogP) is 0.841. The third-order valence-electron chi connectivity index (χ3n) is 3.06. The van der Waals surface area contributed by atoms with Crippen LogP contribution in [0.4, 0.5) is 0 Å². The molecule has 92 valence electrons. The Bertz CT molecular complexity index is 493. The van der Waals surface area contributed by atoms with Crippen LogP contribution in [0.2, 0.25) is 0 Å². The molecular formula is C12H16N2O3. The number of carboxylic acids is 1. The van der Waals surface area contributed by atoms with E-state index < -0.39 is 11.5 Å². The summed E-state index contributed by atoms with van der Waals surface area (Å²) in [6.07, 6.45) is 1.86. The van der Waals surface area contributed by atoms with Crippen molar-refractivity contribution in [3.05, 3.63) is 33.2 Å². The fourth-order valence-corrected chi connectivity index (χ4v) is 2.23. The van der Waals surface area contributed by atoms with Crippen LogP contribution in [0.3, 0.4) is 0 Å². The molecule has 1 aliphatic rings. The average Bonchev–Trinajstić information content (AvgIpc) is 2.28. The fraction of sp³-hybridized carbons (Fsp3) is 0.500. The third kappa shape index (κ3) is 2.39. The first-order valence-corrected chi connectivity index (χ1v) is 5.82. The molecule has 0 aliphatic carbocycles. The molecule has 0 spiro atoms. The van der Waals surface area contributed by atoms with Crippen LogP contribution in [0.1, 0.15) is 35.0 Å². The molecule has 0 aromatic carbocycles. The van der Waals surface area contributed by atoms with E-state index in [0.717, 1.165) is 43.7 Å². The minimum atomic E-state index is -1.17. The van der Waals surface area contributed by atoms with Gasteiger partial charge in [0, 0.05) is 25.2 Å². The molecule has 2 N–H and O–H groups in total. The second-order valence-corrected chi connectivity index (χ2v) is 4.35. The summed E-state index contributed by atoms with van der Waals surface area (Å²) in [7, 11) is 0. The summed E-state index contributed by atoms with van der Waals surface area (Å²) >= 11 is 0. The van der Waals surface area contributed by atoms with Crippen LogP contribution in [0.25, 0.3) is 0 Å². The zero-order valence-electron chi connectivity index (χ0n) is 9.82. The summed E-state index contributed by atoms with van der Waals surface area (Å²) in [5, 5.41) is 8.90. The summed E-state index contributed by atoms with van der Waals surface area (Å²) < 4.78 is 0.